The number of piperazine rings is 3. The first-order valence-corrected chi connectivity index (χ1v) is 42.4. The van der Waals surface area contributed by atoms with E-state index in [1.54, 1.807) is 18.2 Å². The summed E-state index contributed by atoms with van der Waals surface area (Å²) >= 11 is 18.1. The Morgan fingerprint density at radius 3 is 1.09 bits per heavy atom. The Morgan fingerprint density at radius 2 is 0.733 bits per heavy atom. The smallest absolute Gasteiger partial charge is 0.416 e. The normalized spacial score (nSPS) is 22.0. The number of hydrogen-bond donors (Lipinski definition) is 3. The van der Waals surface area contributed by atoms with Gasteiger partial charge in [-0.25, -0.2) is 39.4 Å². The lowest BCUT2D eigenvalue weighted by molar-refractivity contribution is -0.137. The van der Waals surface area contributed by atoms with Crippen molar-refractivity contribution >= 4 is 81.9 Å². The van der Waals surface area contributed by atoms with Crippen LogP contribution in [0.15, 0.2) is 148 Å². The molecule has 3 aliphatic carbocycles. The Bertz CT molecular complexity index is 4140. The van der Waals surface area contributed by atoms with E-state index in [9.17, 15) is 38.4 Å². The molecule has 6 aliphatic rings. The summed E-state index contributed by atoms with van der Waals surface area (Å²) in [4.78, 5) is 14.6. The van der Waals surface area contributed by atoms with E-state index >= 15 is 0 Å². The lowest BCUT2D eigenvalue weighted by atomic mass is 9.90. The number of halogens is 6. The third-order valence-corrected chi connectivity index (χ3v) is 25.9. The number of hydrogen-bond acceptors (Lipinski definition) is 16. The van der Waals surface area contributed by atoms with E-state index in [2.05, 4.69) is 102 Å². The molecule has 3 heterocycles. The largest absolute Gasteiger partial charge is 0.495 e. The molecule has 0 atom stereocenters. The van der Waals surface area contributed by atoms with Gasteiger partial charge in [0, 0.05) is 125 Å². The van der Waals surface area contributed by atoms with E-state index in [0.29, 0.717) is 52.8 Å². The van der Waals surface area contributed by atoms with Crippen LogP contribution in [0, 0.1) is 0 Å². The second-order valence-corrected chi connectivity index (χ2v) is 35.1. The van der Waals surface area contributed by atoms with Crippen LogP contribution < -0.4 is 47.8 Å². The summed E-state index contributed by atoms with van der Waals surface area (Å²) in [6, 6.07) is 38.6. The number of benzene rings is 6. The quantitative estimate of drug-likeness (QED) is 0.0580. The molecule has 0 amide bonds. The van der Waals surface area contributed by atoms with Crippen LogP contribution in [0.4, 0.5) is 30.2 Å². The summed E-state index contributed by atoms with van der Waals surface area (Å²) in [5, 5.41) is 0.930. The number of nitrogens with one attached hydrogen (secondary N) is 3. The van der Waals surface area contributed by atoms with Crippen LogP contribution in [-0.2, 0) is 36.2 Å². The van der Waals surface area contributed by atoms with Crippen molar-refractivity contribution in [2.45, 2.75) is 194 Å². The number of rotatable bonds is 22. The van der Waals surface area contributed by atoms with Gasteiger partial charge in [-0.05, 0) is 210 Å². The van der Waals surface area contributed by atoms with Gasteiger partial charge in [-0.15, -0.1) is 0 Å². The van der Waals surface area contributed by atoms with E-state index in [0.717, 1.165) is 189 Å². The van der Waals surface area contributed by atoms with Gasteiger partial charge in [0.05, 0.1) is 58.0 Å². The topological polar surface area (TPSA) is 195 Å². The number of ether oxygens (including phenoxy) is 4. The molecule has 3 saturated heterocycles. The molecular weight excluding hydrogens is 1470 g/mol. The van der Waals surface area contributed by atoms with Crippen LogP contribution in [0.3, 0.4) is 0 Å². The second kappa shape index (κ2) is 37.1. The van der Waals surface area contributed by atoms with Crippen molar-refractivity contribution in [2.75, 3.05) is 100 Å². The first kappa shape index (κ1) is 81.7. The predicted octanol–water partition coefficient (Wildman–Crippen LogP) is 14.6. The minimum absolute atomic E-state index is 0.0747. The number of alkyl halides is 3. The van der Waals surface area contributed by atoms with Gasteiger partial charge < -0.3 is 33.6 Å². The molecule has 105 heavy (non-hydrogen) atoms. The average Bonchev–Trinajstić information content (AvgIpc) is 0.488. The van der Waals surface area contributed by atoms with Crippen molar-refractivity contribution in [1.29, 1.82) is 0 Å². The lowest BCUT2D eigenvalue weighted by Crippen LogP contribution is -2.52. The van der Waals surface area contributed by atoms with E-state index in [-0.39, 0.29) is 56.1 Å². The van der Waals surface area contributed by atoms with E-state index < -0.39 is 41.8 Å². The van der Waals surface area contributed by atoms with Crippen LogP contribution in [0.5, 0.6) is 23.0 Å². The maximum atomic E-state index is 13.0. The van der Waals surface area contributed by atoms with Gasteiger partial charge in [0.2, 0.25) is 30.1 Å². The van der Waals surface area contributed by atoms with Gasteiger partial charge in [-0.1, -0.05) is 77.3 Å². The molecule has 0 radical (unpaired) electrons. The van der Waals surface area contributed by atoms with Crippen molar-refractivity contribution in [1.82, 2.24) is 28.9 Å². The van der Waals surface area contributed by atoms with E-state index in [1.807, 2.05) is 56.3 Å². The van der Waals surface area contributed by atoms with Gasteiger partial charge in [-0.3, -0.25) is 14.7 Å². The highest BCUT2D eigenvalue weighted by Crippen LogP contribution is 2.38. The zero-order chi connectivity index (χ0) is 75.2. The zero-order valence-electron chi connectivity index (χ0n) is 61.1. The van der Waals surface area contributed by atoms with E-state index in [4.69, 9.17) is 53.8 Å². The molecule has 3 aliphatic heterocycles. The molecule has 3 N–H and O–H groups in total. The first-order chi connectivity index (χ1) is 50.0. The van der Waals surface area contributed by atoms with Crippen molar-refractivity contribution in [2.24, 2.45) is 0 Å². The number of nitrogens with zero attached hydrogens (tertiary/aromatic N) is 6. The minimum atomic E-state index is -4.59. The van der Waals surface area contributed by atoms with Crippen molar-refractivity contribution in [3.63, 3.8) is 0 Å². The molecule has 19 nitrogen and oxygen atoms in total. The summed E-state index contributed by atoms with van der Waals surface area (Å²) in [6.45, 7) is 23.7. The Kier molecular flexibility index (Phi) is 28.8. The molecule has 0 bridgehead atoms. The highest BCUT2D eigenvalue weighted by Gasteiger charge is 2.37. The Labute approximate surface area is 635 Å². The molecule has 0 unspecified atom stereocenters. The predicted molar refractivity (Wildman–Crippen MR) is 413 cm³/mol. The Morgan fingerprint density at radius 1 is 0.390 bits per heavy atom. The number of anilines is 3. The fraction of sp³-hybridized carbons (Fsp3) is 0.532. The molecular formula is C77H103Cl3F3N9O10S3. The minimum Gasteiger partial charge on any atom is -0.495 e. The summed E-state index contributed by atoms with van der Waals surface area (Å²) in [7, 11) is -9.94. The third-order valence-electron chi connectivity index (χ3n) is 20.3. The number of sulfonamides is 3. The zero-order valence-corrected chi connectivity index (χ0v) is 65.8. The Balaban J connectivity index is 0.000000169. The standard InChI is InChI=1S/C26H36ClN3O4S.C26H34F3N3O3S.C25H33Cl2N3O3S/c1-19(2)34-24-7-5-4-6-23(24)30-16-14-29(15-17-30)22-11-9-21(10-12-22)28-35(31,32)26-18-20(27)8-13-25(26)33-3;1-19(2)35-25-9-4-3-8-24(25)32-16-14-31(15-17-32)22-12-10-21(11-13-22)30-36(33,34)23-7-5-6-20(18-23)26(27,28)29;1-18(2)33-24-6-4-3-5-23(24)30-15-13-29(14-16-30)21-10-8-20(9-11-21)28-34(31,32)25-12-7-19(26)17-22(25)27/h4-8,13,18-19,21-22,28H,9-12,14-17H2,1-3H3;3-9,18-19,21-22,30H,10-17H2,1-2H3;3-7,12,17-18,20-21,28H,8-11,13-16H2,1-2H3. The van der Waals surface area contributed by atoms with E-state index in [1.165, 1.54) is 31.4 Å². The van der Waals surface area contributed by atoms with Gasteiger partial charge >= 0.3 is 6.18 Å². The van der Waals surface area contributed by atoms with Gasteiger partial charge in [0.25, 0.3) is 0 Å². The van der Waals surface area contributed by atoms with Crippen LogP contribution >= 0.6 is 34.8 Å². The summed E-state index contributed by atoms with van der Waals surface area (Å²) in [5.74, 6) is 3.09. The molecule has 12 rings (SSSR count). The summed E-state index contributed by atoms with van der Waals surface area (Å²) in [6.07, 6.45) is 6.02. The van der Waals surface area contributed by atoms with Crippen molar-refractivity contribution in [3.8, 4) is 23.0 Å². The number of methoxy groups -OCH3 is 1. The van der Waals surface area contributed by atoms with Crippen molar-refractivity contribution < 1.29 is 57.4 Å². The molecule has 6 aromatic rings. The molecule has 576 valence electrons. The monoisotopic (exact) mass is 1570 g/mol. The fourth-order valence-electron chi connectivity index (χ4n) is 15.1. The van der Waals surface area contributed by atoms with Crippen LogP contribution in [-0.4, -0.2) is 180 Å². The summed E-state index contributed by atoms with van der Waals surface area (Å²) < 4.78 is 148. The van der Waals surface area contributed by atoms with Crippen LogP contribution in [0.25, 0.3) is 0 Å². The fourth-order valence-corrected chi connectivity index (χ4v) is 20.3. The third kappa shape index (κ3) is 22.7. The molecule has 3 saturated carbocycles. The highest BCUT2D eigenvalue weighted by molar-refractivity contribution is 7.90. The molecule has 6 fully saturated rings. The SMILES string of the molecule is CC(C)Oc1ccccc1N1CCN(C2CCC(NS(=O)(=O)c3ccc(Cl)cc3Cl)CC2)CC1.CC(C)Oc1ccccc1N1CCN(C2CCC(NS(=O)(=O)c3cccc(C(F)(F)F)c3)CC2)CC1.COc1ccc(Cl)cc1S(=O)(=O)NC1CCC(N2CCN(c3ccccc3OC(C)C)CC2)CC1. The van der Waals surface area contributed by atoms with Gasteiger partial charge in [0.1, 0.15) is 32.8 Å². The molecule has 0 aromatic heterocycles. The Hall–Kier alpha value is -5.81. The lowest BCUT2D eigenvalue weighted by Gasteiger charge is -2.43. The maximum absolute atomic E-state index is 13.0. The highest BCUT2D eigenvalue weighted by atomic mass is 35.5. The molecule has 28 heteroatoms. The summed E-state index contributed by atoms with van der Waals surface area (Å²) in [5.41, 5.74) is 2.47. The van der Waals surface area contributed by atoms with Gasteiger partial charge in [0.15, 0.2) is 0 Å². The molecule has 6 aromatic carbocycles. The molecule has 0 spiro atoms. The van der Waals surface area contributed by atoms with Crippen molar-refractivity contribution in [3.05, 3.63) is 154 Å². The first-order valence-electron chi connectivity index (χ1n) is 36.8. The maximum Gasteiger partial charge on any atom is 0.416 e. The van der Waals surface area contributed by atoms with Gasteiger partial charge in [-0.2, -0.15) is 13.2 Å². The average molecular weight is 1570 g/mol. The second-order valence-electron chi connectivity index (χ2n) is 28.7. The van der Waals surface area contributed by atoms with Crippen LogP contribution in [0.2, 0.25) is 15.1 Å². The van der Waals surface area contributed by atoms with Crippen LogP contribution in [0.1, 0.15) is 124 Å². The number of para-hydroxylation sites is 6.